The van der Waals surface area contributed by atoms with E-state index in [0.29, 0.717) is 17.7 Å². The summed E-state index contributed by atoms with van der Waals surface area (Å²) in [5.74, 6) is -0.306. The third-order valence-corrected chi connectivity index (χ3v) is 4.65. The van der Waals surface area contributed by atoms with Gasteiger partial charge in [-0.3, -0.25) is 18.7 Å². The van der Waals surface area contributed by atoms with Crippen LogP contribution in [0.15, 0.2) is 34.0 Å². The topological polar surface area (TPSA) is 86.0 Å². The molecule has 0 aliphatic heterocycles. The van der Waals surface area contributed by atoms with Crippen LogP contribution in [0.4, 0.5) is 5.69 Å². The number of fused-ring (bicyclic) bond motifs is 1. The minimum absolute atomic E-state index is 0.233. The largest absolute Gasteiger partial charge is 0.332 e. The van der Waals surface area contributed by atoms with E-state index < -0.39 is 11.2 Å². The summed E-state index contributed by atoms with van der Waals surface area (Å²) in [7, 11) is 2.97. The lowest BCUT2D eigenvalue weighted by molar-refractivity contribution is 0.102. The van der Waals surface area contributed by atoms with Gasteiger partial charge < -0.3 is 5.32 Å². The summed E-state index contributed by atoms with van der Waals surface area (Å²) in [6, 6.07) is 5.58. The summed E-state index contributed by atoms with van der Waals surface area (Å²) in [5, 5.41) is 3.12. The molecule has 3 aromatic rings. The summed E-state index contributed by atoms with van der Waals surface area (Å²) in [6.07, 6.45) is 2.18. The van der Waals surface area contributed by atoms with Gasteiger partial charge in [0.15, 0.2) is 5.65 Å². The molecule has 0 unspecified atom stereocenters. The van der Waals surface area contributed by atoms with Crippen LogP contribution in [-0.2, 0) is 20.5 Å². The zero-order valence-electron chi connectivity index (χ0n) is 16.1. The van der Waals surface area contributed by atoms with Crippen LogP contribution in [0.3, 0.4) is 0 Å². The molecule has 0 aliphatic carbocycles. The number of anilines is 1. The highest BCUT2D eigenvalue weighted by Gasteiger charge is 2.19. The Bertz CT molecular complexity index is 1170. The van der Waals surface area contributed by atoms with Gasteiger partial charge in [-0.1, -0.05) is 24.1 Å². The Morgan fingerprint density at radius 1 is 1.07 bits per heavy atom. The number of amides is 1. The first-order valence-corrected chi connectivity index (χ1v) is 8.71. The van der Waals surface area contributed by atoms with Crippen molar-refractivity contribution in [3.63, 3.8) is 0 Å². The molecule has 2 heterocycles. The van der Waals surface area contributed by atoms with E-state index in [2.05, 4.69) is 10.3 Å². The Kier molecular flexibility index (Phi) is 4.70. The van der Waals surface area contributed by atoms with Gasteiger partial charge in [-0.05, 0) is 38.0 Å². The zero-order chi connectivity index (χ0) is 19.9. The average Bonchev–Trinajstić information content (AvgIpc) is 2.63. The standard InChI is InChI=1S/C20H22N4O3/c1-6-13-10-21-17-15(19(26)24(5)20(27)23(17)4)16(13)22-18(25)14-8-11(2)7-12(3)9-14/h7-10H,6H2,1-5H3,(H,21,22,25). The molecule has 0 fully saturated rings. The Hall–Kier alpha value is -3.22. The number of carbonyl (C=O) groups is 1. The summed E-state index contributed by atoms with van der Waals surface area (Å²) < 4.78 is 2.33. The Morgan fingerprint density at radius 2 is 1.70 bits per heavy atom. The third-order valence-electron chi connectivity index (χ3n) is 4.65. The number of nitrogens with one attached hydrogen (secondary N) is 1. The fraction of sp³-hybridized carbons (Fsp3) is 0.300. The van der Waals surface area contributed by atoms with Crippen molar-refractivity contribution in [1.29, 1.82) is 0 Å². The first-order chi connectivity index (χ1) is 12.7. The van der Waals surface area contributed by atoms with Crippen LogP contribution in [0.1, 0.15) is 34.0 Å². The predicted molar refractivity (Wildman–Crippen MR) is 105 cm³/mol. The van der Waals surface area contributed by atoms with Gasteiger partial charge in [0.25, 0.3) is 11.5 Å². The maximum absolute atomic E-state index is 12.9. The van der Waals surface area contributed by atoms with Crippen molar-refractivity contribution in [2.24, 2.45) is 14.1 Å². The van der Waals surface area contributed by atoms with E-state index in [1.165, 1.54) is 11.6 Å². The Labute approximate surface area is 156 Å². The van der Waals surface area contributed by atoms with Gasteiger partial charge in [0.05, 0.1) is 5.69 Å². The van der Waals surface area contributed by atoms with Crippen LogP contribution in [-0.4, -0.2) is 20.0 Å². The van der Waals surface area contributed by atoms with Gasteiger partial charge in [0, 0.05) is 25.9 Å². The first kappa shape index (κ1) is 18.6. The van der Waals surface area contributed by atoms with E-state index in [-0.39, 0.29) is 16.9 Å². The van der Waals surface area contributed by atoms with Gasteiger partial charge in [0.2, 0.25) is 0 Å². The minimum atomic E-state index is -0.480. The number of aryl methyl sites for hydroxylation is 4. The highest BCUT2D eigenvalue weighted by atomic mass is 16.2. The number of aromatic nitrogens is 3. The Balaban J connectivity index is 2.25. The molecule has 0 radical (unpaired) electrons. The molecule has 0 spiro atoms. The second-order valence-electron chi connectivity index (χ2n) is 6.75. The van der Waals surface area contributed by atoms with Gasteiger partial charge in [-0.2, -0.15) is 0 Å². The zero-order valence-corrected chi connectivity index (χ0v) is 16.1. The number of hydrogen-bond acceptors (Lipinski definition) is 4. The molecule has 0 saturated carbocycles. The lowest BCUT2D eigenvalue weighted by Gasteiger charge is -2.15. The van der Waals surface area contributed by atoms with E-state index in [1.54, 1.807) is 25.4 Å². The minimum Gasteiger partial charge on any atom is -0.321 e. The van der Waals surface area contributed by atoms with Crippen molar-refractivity contribution < 1.29 is 4.79 Å². The van der Waals surface area contributed by atoms with Crippen LogP contribution in [0, 0.1) is 13.8 Å². The number of carbonyl (C=O) groups excluding carboxylic acids is 1. The summed E-state index contributed by atoms with van der Waals surface area (Å²) in [6.45, 7) is 5.77. The second kappa shape index (κ2) is 6.83. The lowest BCUT2D eigenvalue weighted by atomic mass is 10.1. The van der Waals surface area contributed by atoms with Crippen molar-refractivity contribution in [3.8, 4) is 0 Å². The van der Waals surface area contributed by atoms with Crippen molar-refractivity contribution in [2.45, 2.75) is 27.2 Å². The molecule has 140 valence electrons. The molecule has 2 aromatic heterocycles. The fourth-order valence-corrected chi connectivity index (χ4v) is 3.27. The number of rotatable bonds is 3. The van der Waals surface area contributed by atoms with Crippen molar-refractivity contribution in [3.05, 3.63) is 67.5 Å². The van der Waals surface area contributed by atoms with E-state index in [9.17, 15) is 14.4 Å². The van der Waals surface area contributed by atoms with E-state index >= 15 is 0 Å². The van der Waals surface area contributed by atoms with Crippen LogP contribution in [0.2, 0.25) is 0 Å². The Morgan fingerprint density at radius 3 is 2.30 bits per heavy atom. The third kappa shape index (κ3) is 3.16. The average molecular weight is 366 g/mol. The molecular weight excluding hydrogens is 344 g/mol. The monoisotopic (exact) mass is 366 g/mol. The second-order valence-corrected chi connectivity index (χ2v) is 6.75. The predicted octanol–water partition coefficient (Wildman–Crippen LogP) is 2.06. The van der Waals surface area contributed by atoms with Crippen molar-refractivity contribution >= 4 is 22.6 Å². The highest BCUT2D eigenvalue weighted by molar-refractivity contribution is 6.09. The summed E-state index contributed by atoms with van der Waals surface area (Å²) in [4.78, 5) is 42.1. The van der Waals surface area contributed by atoms with Gasteiger partial charge in [-0.25, -0.2) is 9.78 Å². The summed E-state index contributed by atoms with van der Waals surface area (Å²) >= 11 is 0. The number of nitrogens with zero attached hydrogens (tertiary/aromatic N) is 3. The molecule has 0 bridgehead atoms. The summed E-state index contributed by atoms with van der Waals surface area (Å²) in [5.41, 5.74) is 2.92. The molecular formula is C20H22N4O3. The highest BCUT2D eigenvalue weighted by Crippen LogP contribution is 2.24. The SMILES string of the molecule is CCc1cnc2c(c1NC(=O)c1cc(C)cc(C)c1)c(=O)n(C)c(=O)n2C. The van der Waals surface area contributed by atoms with Gasteiger partial charge in [-0.15, -0.1) is 0 Å². The molecule has 0 aliphatic rings. The van der Waals surface area contributed by atoms with Crippen LogP contribution < -0.4 is 16.6 Å². The van der Waals surface area contributed by atoms with E-state index in [0.717, 1.165) is 21.3 Å². The van der Waals surface area contributed by atoms with Crippen LogP contribution in [0.25, 0.3) is 11.0 Å². The van der Waals surface area contributed by atoms with E-state index in [1.807, 2.05) is 26.8 Å². The number of pyridine rings is 1. The van der Waals surface area contributed by atoms with Gasteiger partial charge >= 0.3 is 5.69 Å². The molecule has 7 nitrogen and oxygen atoms in total. The normalized spacial score (nSPS) is 11.0. The molecule has 0 atom stereocenters. The molecule has 7 heteroatoms. The molecule has 27 heavy (non-hydrogen) atoms. The molecule has 3 rings (SSSR count). The van der Waals surface area contributed by atoms with E-state index in [4.69, 9.17) is 0 Å². The van der Waals surface area contributed by atoms with Crippen molar-refractivity contribution in [2.75, 3.05) is 5.32 Å². The molecule has 1 aromatic carbocycles. The number of benzene rings is 1. The maximum atomic E-state index is 12.9. The van der Waals surface area contributed by atoms with Crippen LogP contribution >= 0.6 is 0 Å². The lowest BCUT2D eigenvalue weighted by Crippen LogP contribution is -2.38. The number of hydrogen-bond donors (Lipinski definition) is 1. The molecule has 1 amide bonds. The first-order valence-electron chi connectivity index (χ1n) is 8.71. The quantitative estimate of drug-likeness (QED) is 0.769. The van der Waals surface area contributed by atoms with Crippen molar-refractivity contribution in [1.82, 2.24) is 14.1 Å². The fourth-order valence-electron chi connectivity index (χ4n) is 3.27. The van der Waals surface area contributed by atoms with Gasteiger partial charge in [0.1, 0.15) is 5.39 Å². The van der Waals surface area contributed by atoms with Crippen LogP contribution in [0.5, 0.6) is 0 Å². The maximum Gasteiger partial charge on any atom is 0.332 e. The molecule has 1 N–H and O–H groups in total. The smallest absolute Gasteiger partial charge is 0.321 e. The molecule has 0 saturated heterocycles.